The Morgan fingerprint density at radius 2 is 1.66 bits per heavy atom. The molecule has 7 heteroatoms. The quantitative estimate of drug-likeness (QED) is 0.416. The second-order valence-corrected chi connectivity index (χ2v) is 8.26. The summed E-state index contributed by atoms with van der Waals surface area (Å²) in [6, 6.07) is 9.00. The Kier molecular flexibility index (Phi) is 5.82. The maximum absolute atomic E-state index is 13.2. The number of nitrogens with zero attached hydrogens (tertiary/aromatic N) is 1. The Balaban J connectivity index is 1.89. The summed E-state index contributed by atoms with van der Waals surface area (Å²) in [4.78, 5) is 27.9. The number of ketones is 1. The van der Waals surface area contributed by atoms with E-state index >= 15 is 0 Å². The van der Waals surface area contributed by atoms with Crippen LogP contribution in [0.5, 0.6) is 17.2 Å². The molecule has 4 rings (SSSR count). The van der Waals surface area contributed by atoms with Gasteiger partial charge in [-0.25, -0.2) is 0 Å². The van der Waals surface area contributed by atoms with Crippen LogP contribution in [0.3, 0.4) is 0 Å². The van der Waals surface area contributed by atoms with Gasteiger partial charge in [0, 0.05) is 11.6 Å². The van der Waals surface area contributed by atoms with Crippen LogP contribution in [0.15, 0.2) is 42.0 Å². The van der Waals surface area contributed by atoms with Crippen molar-refractivity contribution in [3.63, 3.8) is 0 Å². The third-order valence-electron chi connectivity index (χ3n) is 6.39. The number of phenols is 1. The van der Waals surface area contributed by atoms with E-state index in [0.717, 1.165) is 31.2 Å². The summed E-state index contributed by atoms with van der Waals surface area (Å²) in [6.45, 7) is 1.84. The van der Waals surface area contributed by atoms with Gasteiger partial charge in [0.25, 0.3) is 11.7 Å². The molecule has 7 nitrogen and oxygen atoms in total. The number of ether oxygens (including phenoxy) is 2. The number of carbonyl (C=O) groups is 2. The number of phenolic OH excluding ortho intramolecular Hbond substituents is 1. The van der Waals surface area contributed by atoms with E-state index < -0.39 is 17.7 Å². The summed E-state index contributed by atoms with van der Waals surface area (Å²) in [6.07, 6.45) is 3.55. The molecular formula is C25H27NO6. The van der Waals surface area contributed by atoms with Crippen LogP contribution in [0.25, 0.3) is 5.76 Å². The largest absolute Gasteiger partial charge is 0.507 e. The van der Waals surface area contributed by atoms with Gasteiger partial charge >= 0.3 is 0 Å². The number of benzene rings is 2. The Morgan fingerprint density at radius 1 is 1.00 bits per heavy atom. The molecule has 1 saturated carbocycles. The van der Waals surface area contributed by atoms with Gasteiger partial charge in [-0.05, 0) is 61.2 Å². The van der Waals surface area contributed by atoms with Gasteiger partial charge in [0.2, 0.25) is 0 Å². The van der Waals surface area contributed by atoms with E-state index in [1.165, 1.54) is 13.2 Å². The van der Waals surface area contributed by atoms with Gasteiger partial charge in [0.15, 0.2) is 11.5 Å². The van der Waals surface area contributed by atoms with E-state index in [1.54, 1.807) is 42.3 Å². The number of methoxy groups -OCH3 is 2. The van der Waals surface area contributed by atoms with Crippen molar-refractivity contribution < 1.29 is 29.3 Å². The van der Waals surface area contributed by atoms with Gasteiger partial charge in [-0.1, -0.05) is 18.9 Å². The Morgan fingerprint density at radius 3 is 2.25 bits per heavy atom. The van der Waals surface area contributed by atoms with E-state index in [2.05, 4.69) is 0 Å². The minimum absolute atomic E-state index is 0.0241. The minimum Gasteiger partial charge on any atom is -0.507 e. The van der Waals surface area contributed by atoms with Crippen molar-refractivity contribution in [3.8, 4) is 17.2 Å². The number of aliphatic hydroxyl groups excluding tert-OH is 1. The fourth-order valence-electron chi connectivity index (χ4n) is 4.79. The van der Waals surface area contributed by atoms with Crippen molar-refractivity contribution in [1.82, 2.24) is 4.90 Å². The predicted octanol–water partition coefficient (Wildman–Crippen LogP) is 4.08. The zero-order valence-electron chi connectivity index (χ0n) is 18.4. The van der Waals surface area contributed by atoms with Gasteiger partial charge in [-0.2, -0.15) is 0 Å². The second-order valence-electron chi connectivity index (χ2n) is 8.26. The molecule has 2 fully saturated rings. The van der Waals surface area contributed by atoms with Crippen molar-refractivity contribution in [2.45, 2.75) is 44.7 Å². The predicted molar refractivity (Wildman–Crippen MR) is 119 cm³/mol. The van der Waals surface area contributed by atoms with Crippen LogP contribution in [0, 0.1) is 6.92 Å². The van der Waals surface area contributed by atoms with Crippen LogP contribution in [0.1, 0.15) is 48.4 Å². The van der Waals surface area contributed by atoms with Gasteiger partial charge in [-0.3, -0.25) is 9.59 Å². The maximum atomic E-state index is 13.2. The standard InChI is InChI=1S/C25H27NO6/c1-14-12-16(9-10-19(14)31-2)23(28)21-22(15-8-11-20(32-3)18(27)13-15)26(25(30)24(21)29)17-6-4-5-7-17/h8-13,17,22,27-28H,4-7H2,1-3H3/b23-21-. The van der Waals surface area contributed by atoms with Crippen LogP contribution in [0.4, 0.5) is 0 Å². The molecule has 168 valence electrons. The lowest BCUT2D eigenvalue weighted by atomic mass is 9.94. The molecule has 1 unspecified atom stereocenters. The Hall–Kier alpha value is -3.48. The first kappa shape index (κ1) is 21.7. The molecule has 2 aliphatic rings. The molecule has 0 bridgehead atoms. The monoisotopic (exact) mass is 437 g/mol. The smallest absolute Gasteiger partial charge is 0.295 e. The molecule has 1 amide bonds. The van der Waals surface area contributed by atoms with Crippen molar-refractivity contribution in [2.24, 2.45) is 0 Å². The molecule has 2 aromatic carbocycles. The summed E-state index contributed by atoms with van der Waals surface area (Å²) in [5.41, 5.74) is 1.79. The topological polar surface area (TPSA) is 96.3 Å². The molecule has 2 aromatic rings. The lowest BCUT2D eigenvalue weighted by molar-refractivity contribution is -0.141. The lowest BCUT2D eigenvalue weighted by Crippen LogP contribution is -2.37. The third kappa shape index (κ3) is 3.57. The first-order valence-electron chi connectivity index (χ1n) is 10.7. The second kappa shape index (κ2) is 8.57. The van der Waals surface area contributed by atoms with Crippen molar-refractivity contribution in [1.29, 1.82) is 0 Å². The van der Waals surface area contributed by atoms with E-state index in [9.17, 15) is 19.8 Å². The molecule has 1 aliphatic heterocycles. The molecular weight excluding hydrogens is 410 g/mol. The molecule has 1 saturated heterocycles. The van der Waals surface area contributed by atoms with E-state index in [1.807, 2.05) is 6.92 Å². The summed E-state index contributed by atoms with van der Waals surface area (Å²) < 4.78 is 10.4. The average Bonchev–Trinajstić information content (AvgIpc) is 3.40. The number of aryl methyl sites for hydroxylation is 1. The number of hydrogen-bond acceptors (Lipinski definition) is 6. The summed E-state index contributed by atoms with van der Waals surface area (Å²) in [5, 5.41) is 21.6. The van der Waals surface area contributed by atoms with Crippen LogP contribution in [0.2, 0.25) is 0 Å². The highest BCUT2D eigenvalue weighted by atomic mass is 16.5. The average molecular weight is 437 g/mol. The highest BCUT2D eigenvalue weighted by molar-refractivity contribution is 6.46. The molecule has 32 heavy (non-hydrogen) atoms. The summed E-state index contributed by atoms with van der Waals surface area (Å²) >= 11 is 0. The van der Waals surface area contributed by atoms with Gasteiger partial charge < -0.3 is 24.6 Å². The van der Waals surface area contributed by atoms with Crippen LogP contribution in [-0.4, -0.2) is 47.1 Å². The SMILES string of the molecule is COc1ccc(/C(O)=C2/C(=O)C(=O)N(C3CCCC3)C2c2ccc(OC)c(O)c2)cc1C. The van der Waals surface area contributed by atoms with Crippen molar-refractivity contribution in [3.05, 3.63) is 58.7 Å². The number of hydrogen-bond donors (Lipinski definition) is 2. The molecule has 1 heterocycles. The van der Waals surface area contributed by atoms with Crippen LogP contribution in [-0.2, 0) is 9.59 Å². The van der Waals surface area contributed by atoms with E-state index in [4.69, 9.17) is 9.47 Å². The number of Topliss-reactive ketones (excluding diaryl/α,β-unsaturated/α-hetero) is 1. The van der Waals surface area contributed by atoms with Gasteiger partial charge in [0.1, 0.15) is 11.5 Å². The first-order valence-corrected chi connectivity index (χ1v) is 10.7. The zero-order chi connectivity index (χ0) is 23.0. The normalized spacial score (nSPS) is 20.7. The maximum Gasteiger partial charge on any atom is 0.295 e. The minimum atomic E-state index is -0.794. The molecule has 1 atom stereocenters. The molecule has 1 aliphatic carbocycles. The van der Waals surface area contributed by atoms with Crippen molar-refractivity contribution in [2.75, 3.05) is 14.2 Å². The number of aromatic hydroxyl groups is 1. The number of aliphatic hydroxyl groups is 1. The van der Waals surface area contributed by atoms with Crippen molar-refractivity contribution >= 4 is 17.4 Å². The number of amides is 1. The van der Waals surface area contributed by atoms with E-state index in [-0.39, 0.29) is 28.9 Å². The number of likely N-dealkylation sites (tertiary alicyclic amines) is 1. The highest BCUT2D eigenvalue weighted by Gasteiger charge is 2.49. The third-order valence-corrected chi connectivity index (χ3v) is 6.39. The summed E-state index contributed by atoms with van der Waals surface area (Å²) in [5.74, 6) is -0.730. The van der Waals surface area contributed by atoms with Crippen LogP contribution < -0.4 is 9.47 Å². The molecule has 2 N–H and O–H groups in total. The fraction of sp³-hybridized carbons (Fsp3) is 0.360. The molecule has 0 radical (unpaired) electrons. The first-order chi connectivity index (χ1) is 15.4. The van der Waals surface area contributed by atoms with Gasteiger partial charge in [-0.15, -0.1) is 0 Å². The van der Waals surface area contributed by atoms with E-state index in [0.29, 0.717) is 16.9 Å². The zero-order valence-corrected chi connectivity index (χ0v) is 18.4. The van der Waals surface area contributed by atoms with Gasteiger partial charge in [0.05, 0.1) is 25.8 Å². The lowest BCUT2D eigenvalue weighted by Gasteiger charge is -2.31. The Bertz CT molecular complexity index is 1100. The molecule has 0 spiro atoms. The number of carbonyl (C=O) groups excluding carboxylic acids is 2. The molecule has 0 aromatic heterocycles. The summed E-state index contributed by atoms with van der Waals surface area (Å²) in [7, 11) is 3.01. The number of rotatable bonds is 5. The van der Waals surface area contributed by atoms with Crippen LogP contribution >= 0.6 is 0 Å². The Labute approximate surface area is 186 Å². The highest BCUT2D eigenvalue weighted by Crippen LogP contribution is 2.45. The fourth-order valence-corrected chi connectivity index (χ4v) is 4.79.